The second-order valence-corrected chi connectivity index (χ2v) is 5.12. The van der Waals surface area contributed by atoms with E-state index < -0.39 is 0 Å². The summed E-state index contributed by atoms with van der Waals surface area (Å²) >= 11 is 0. The molecular weight excluding hydrogens is 277 g/mol. The first kappa shape index (κ1) is 14.3. The van der Waals surface area contributed by atoms with Crippen LogP contribution in [0.2, 0.25) is 0 Å². The van der Waals surface area contributed by atoms with E-state index in [1.807, 2.05) is 43.3 Å². The zero-order chi connectivity index (χ0) is 15.5. The molecule has 0 atom stereocenters. The van der Waals surface area contributed by atoms with Gasteiger partial charge in [-0.05, 0) is 66.6 Å². The summed E-state index contributed by atoms with van der Waals surface area (Å²) in [5, 5.41) is 0. The Morgan fingerprint density at radius 2 is 1.45 bits per heavy atom. The highest BCUT2D eigenvalue weighted by Gasteiger charge is 2.06. The zero-order valence-corrected chi connectivity index (χ0v) is 12.5. The van der Waals surface area contributed by atoms with E-state index in [0.29, 0.717) is 0 Å². The quantitative estimate of drug-likeness (QED) is 0.687. The van der Waals surface area contributed by atoms with Crippen molar-refractivity contribution in [1.82, 2.24) is 4.98 Å². The number of hydrogen-bond donors (Lipinski definition) is 0. The standard InChI is InChI=1S/C19H16FNO/c1-13-11-16(14-5-9-18(22-2)10-6-14)12-19(21-13)15-3-7-17(20)8-4-15/h3-12H,1-2H3. The lowest BCUT2D eigenvalue weighted by Crippen LogP contribution is -1.90. The van der Waals surface area contributed by atoms with Crippen LogP contribution in [0.1, 0.15) is 5.69 Å². The average molecular weight is 293 g/mol. The van der Waals surface area contributed by atoms with E-state index in [4.69, 9.17) is 4.74 Å². The Labute approximate surface area is 129 Å². The average Bonchev–Trinajstić information content (AvgIpc) is 2.55. The van der Waals surface area contributed by atoms with Crippen LogP contribution >= 0.6 is 0 Å². The van der Waals surface area contributed by atoms with E-state index in [9.17, 15) is 4.39 Å². The number of halogens is 1. The molecule has 0 unspecified atom stereocenters. The van der Waals surface area contributed by atoms with E-state index in [2.05, 4.69) is 4.98 Å². The fraction of sp³-hybridized carbons (Fsp3) is 0.105. The van der Waals surface area contributed by atoms with Gasteiger partial charge < -0.3 is 4.74 Å². The molecule has 1 heterocycles. The molecule has 3 rings (SSSR count). The summed E-state index contributed by atoms with van der Waals surface area (Å²) in [7, 11) is 1.65. The van der Waals surface area contributed by atoms with E-state index in [0.717, 1.165) is 33.8 Å². The number of rotatable bonds is 3. The highest BCUT2D eigenvalue weighted by atomic mass is 19.1. The lowest BCUT2D eigenvalue weighted by atomic mass is 10.0. The molecule has 0 saturated carbocycles. The number of aromatic nitrogens is 1. The predicted molar refractivity (Wildman–Crippen MR) is 86.4 cm³/mol. The minimum atomic E-state index is -0.244. The van der Waals surface area contributed by atoms with Crippen molar-refractivity contribution in [3.05, 3.63) is 72.2 Å². The van der Waals surface area contributed by atoms with Crippen LogP contribution in [0.3, 0.4) is 0 Å². The van der Waals surface area contributed by atoms with Crippen molar-refractivity contribution >= 4 is 0 Å². The first-order chi connectivity index (χ1) is 10.7. The van der Waals surface area contributed by atoms with Gasteiger partial charge in [-0.1, -0.05) is 12.1 Å². The number of nitrogens with zero attached hydrogens (tertiary/aromatic N) is 1. The van der Waals surface area contributed by atoms with Gasteiger partial charge in [0.05, 0.1) is 12.8 Å². The van der Waals surface area contributed by atoms with Crippen LogP contribution in [0.5, 0.6) is 5.75 Å². The first-order valence-electron chi connectivity index (χ1n) is 7.05. The van der Waals surface area contributed by atoms with Gasteiger partial charge in [0.1, 0.15) is 11.6 Å². The third kappa shape index (κ3) is 2.98. The number of ether oxygens (including phenoxy) is 1. The minimum Gasteiger partial charge on any atom is -0.497 e. The summed E-state index contributed by atoms with van der Waals surface area (Å²) in [6, 6.07) is 18.3. The molecular formula is C19H16FNO. The molecule has 110 valence electrons. The Bertz CT molecular complexity index is 780. The second kappa shape index (κ2) is 5.98. The number of hydrogen-bond acceptors (Lipinski definition) is 2. The molecule has 0 amide bonds. The summed E-state index contributed by atoms with van der Waals surface area (Å²) in [5.41, 5.74) is 4.84. The molecule has 22 heavy (non-hydrogen) atoms. The van der Waals surface area contributed by atoms with Gasteiger partial charge in [-0.25, -0.2) is 4.39 Å². The Kier molecular flexibility index (Phi) is 3.88. The van der Waals surface area contributed by atoms with Crippen LogP contribution < -0.4 is 4.74 Å². The Balaban J connectivity index is 2.03. The van der Waals surface area contributed by atoms with E-state index in [1.54, 1.807) is 19.2 Å². The number of benzene rings is 2. The Morgan fingerprint density at radius 3 is 2.09 bits per heavy atom. The molecule has 1 aromatic heterocycles. The normalized spacial score (nSPS) is 10.5. The lowest BCUT2D eigenvalue weighted by Gasteiger charge is -2.08. The van der Waals surface area contributed by atoms with E-state index in [-0.39, 0.29) is 5.82 Å². The van der Waals surface area contributed by atoms with Crippen molar-refractivity contribution in [2.45, 2.75) is 6.92 Å². The smallest absolute Gasteiger partial charge is 0.123 e. The Morgan fingerprint density at radius 1 is 0.818 bits per heavy atom. The molecule has 0 saturated heterocycles. The van der Waals surface area contributed by atoms with Crippen molar-refractivity contribution in [2.24, 2.45) is 0 Å². The maximum atomic E-state index is 13.1. The zero-order valence-electron chi connectivity index (χ0n) is 12.5. The predicted octanol–water partition coefficient (Wildman–Crippen LogP) is 4.87. The van der Waals surface area contributed by atoms with Gasteiger partial charge in [-0.3, -0.25) is 4.98 Å². The third-order valence-electron chi connectivity index (χ3n) is 3.52. The lowest BCUT2D eigenvalue weighted by molar-refractivity contribution is 0.415. The Hall–Kier alpha value is -2.68. The number of methoxy groups -OCH3 is 1. The maximum Gasteiger partial charge on any atom is 0.123 e. The molecule has 0 spiro atoms. The maximum absolute atomic E-state index is 13.1. The second-order valence-electron chi connectivity index (χ2n) is 5.12. The fourth-order valence-corrected chi connectivity index (χ4v) is 2.39. The van der Waals surface area contributed by atoms with Gasteiger partial charge in [-0.2, -0.15) is 0 Å². The van der Waals surface area contributed by atoms with Gasteiger partial charge in [0.15, 0.2) is 0 Å². The molecule has 2 aromatic carbocycles. The molecule has 0 fully saturated rings. The number of pyridine rings is 1. The monoisotopic (exact) mass is 293 g/mol. The summed E-state index contributed by atoms with van der Waals surface area (Å²) in [6.07, 6.45) is 0. The molecule has 3 heteroatoms. The summed E-state index contributed by atoms with van der Waals surface area (Å²) < 4.78 is 18.3. The van der Waals surface area contributed by atoms with Crippen LogP contribution in [-0.2, 0) is 0 Å². The van der Waals surface area contributed by atoms with Crippen LogP contribution in [0.15, 0.2) is 60.7 Å². The molecule has 0 aliphatic carbocycles. The van der Waals surface area contributed by atoms with Gasteiger partial charge in [0, 0.05) is 11.3 Å². The van der Waals surface area contributed by atoms with Crippen molar-refractivity contribution in [3.63, 3.8) is 0 Å². The van der Waals surface area contributed by atoms with Crippen LogP contribution in [0.25, 0.3) is 22.4 Å². The number of aryl methyl sites for hydroxylation is 1. The van der Waals surface area contributed by atoms with Gasteiger partial charge in [0.25, 0.3) is 0 Å². The highest BCUT2D eigenvalue weighted by molar-refractivity contribution is 5.71. The molecule has 0 bridgehead atoms. The van der Waals surface area contributed by atoms with E-state index >= 15 is 0 Å². The van der Waals surface area contributed by atoms with E-state index in [1.165, 1.54) is 12.1 Å². The van der Waals surface area contributed by atoms with Crippen molar-refractivity contribution in [1.29, 1.82) is 0 Å². The minimum absolute atomic E-state index is 0.244. The molecule has 0 radical (unpaired) electrons. The third-order valence-corrected chi connectivity index (χ3v) is 3.52. The van der Waals surface area contributed by atoms with Gasteiger partial charge in [0.2, 0.25) is 0 Å². The van der Waals surface area contributed by atoms with Gasteiger partial charge in [-0.15, -0.1) is 0 Å². The molecule has 0 aliphatic rings. The van der Waals surface area contributed by atoms with Crippen LogP contribution in [-0.4, -0.2) is 12.1 Å². The molecule has 0 N–H and O–H groups in total. The van der Waals surface area contributed by atoms with Crippen molar-refractivity contribution < 1.29 is 9.13 Å². The van der Waals surface area contributed by atoms with Crippen molar-refractivity contribution in [2.75, 3.05) is 7.11 Å². The molecule has 3 aromatic rings. The summed E-state index contributed by atoms with van der Waals surface area (Å²) in [5.74, 6) is 0.583. The van der Waals surface area contributed by atoms with Crippen LogP contribution in [0.4, 0.5) is 4.39 Å². The highest BCUT2D eigenvalue weighted by Crippen LogP contribution is 2.27. The summed E-state index contributed by atoms with van der Waals surface area (Å²) in [6.45, 7) is 1.96. The molecule has 2 nitrogen and oxygen atoms in total. The first-order valence-corrected chi connectivity index (χ1v) is 7.05. The van der Waals surface area contributed by atoms with Crippen molar-refractivity contribution in [3.8, 4) is 28.1 Å². The largest absolute Gasteiger partial charge is 0.497 e. The SMILES string of the molecule is COc1ccc(-c2cc(C)nc(-c3ccc(F)cc3)c2)cc1. The topological polar surface area (TPSA) is 22.1 Å². The molecule has 0 aliphatic heterocycles. The summed E-state index contributed by atoms with van der Waals surface area (Å²) in [4.78, 5) is 4.55. The van der Waals surface area contributed by atoms with Gasteiger partial charge >= 0.3 is 0 Å². The fourth-order valence-electron chi connectivity index (χ4n) is 2.39. The van der Waals surface area contributed by atoms with Crippen LogP contribution in [0, 0.1) is 12.7 Å².